The smallest absolute Gasteiger partial charge is 0.225 e. The van der Waals surface area contributed by atoms with E-state index in [1.165, 1.54) is 0 Å². The van der Waals surface area contributed by atoms with Crippen molar-refractivity contribution in [3.05, 3.63) is 34.9 Å². The molecule has 1 aromatic rings. The molecule has 1 aliphatic rings. The van der Waals surface area contributed by atoms with Gasteiger partial charge in [-0.2, -0.15) is 0 Å². The minimum absolute atomic E-state index is 0.0436. The van der Waals surface area contributed by atoms with Crippen molar-refractivity contribution < 1.29 is 9.59 Å². The van der Waals surface area contributed by atoms with Gasteiger partial charge >= 0.3 is 0 Å². The van der Waals surface area contributed by atoms with E-state index in [9.17, 15) is 9.59 Å². The number of rotatable bonds is 5. The predicted octanol–water partition coefficient (Wildman–Crippen LogP) is 3.02. The van der Waals surface area contributed by atoms with E-state index in [0.717, 1.165) is 5.56 Å². The largest absolute Gasteiger partial charge is 0.349 e. The van der Waals surface area contributed by atoms with Gasteiger partial charge in [-0.3, -0.25) is 9.59 Å². The molecule has 5 heteroatoms. The Kier molecular flexibility index (Phi) is 5.46. The highest BCUT2D eigenvalue weighted by Gasteiger charge is 2.34. The number of hydrogen-bond acceptors (Lipinski definition) is 2. The van der Waals surface area contributed by atoms with Crippen LogP contribution in [0.25, 0.3) is 0 Å². The summed E-state index contributed by atoms with van der Waals surface area (Å²) < 4.78 is 0. The molecule has 0 saturated carbocycles. The highest BCUT2D eigenvalue weighted by Crippen LogP contribution is 2.25. The number of amides is 2. The van der Waals surface area contributed by atoms with Crippen LogP contribution in [0.5, 0.6) is 0 Å². The first-order chi connectivity index (χ1) is 10.4. The maximum Gasteiger partial charge on any atom is 0.225 e. The second kappa shape index (κ2) is 7.14. The Bertz CT molecular complexity index is 542. The second-order valence-electron chi connectivity index (χ2n) is 6.12. The van der Waals surface area contributed by atoms with E-state index in [4.69, 9.17) is 11.6 Å². The van der Waals surface area contributed by atoms with Gasteiger partial charge in [0.1, 0.15) is 0 Å². The van der Waals surface area contributed by atoms with Crippen molar-refractivity contribution in [2.24, 2.45) is 11.8 Å². The fourth-order valence-electron chi connectivity index (χ4n) is 2.83. The van der Waals surface area contributed by atoms with E-state index < -0.39 is 0 Å². The lowest BCUT2D eigenvalue weighted by Crippen LogP contribution is -2.37. The Morgan fingerprint density at radius 1 is 1.36 bits per heavy atom. The third kappa shape index (κ3) is 3.80. The molecule has 1 N–H and O–H groups in total. The maximum absolute atomic E-state index is 12.5. The van der Waals surface area contributed by atoms with E-state index in [1.54, 1.807) is 4.90 Å². The van der Waals surface area contributed by atoms with E-state index >= 15 is 0 Å². The third-order valence-corrected chi connectivity index (χ3v) is 4.41. The van der Waals surface area contributed by atoms with Gasteiger partial charge in [0.15, 0.2) is 0 Å². The third-order valence-electron chi connectivity index (χ3n) is 4.16. The molecule has 4 nitrogen and oxygen atoms in total. The van der Waals surface area contributed by atoms with Gasteiger partial charge in [0.25, 0.3) is 0 Å². The second-order valence-corrected chi connectivity index (χ2v) is 6.55. The van der Waals surface area contributed by atoms with E-state index in [-0.39, 0.29) is 29.7 Å². The average molecular weight is 323 g/mol. The van der Waals surface area contributed by atoms with Crippen molar-refractivity contribution in [1.29, 1.82) is 0 Å². The Labute approximate surface area is 136 Å². The molecule has 1 aliphatic heterocycles. The number of carbonyl (C=O) groups is 2. The molecule has 120 valence electrons. The Balaban J connectivity index is 2.07. The summed E-state index contributed by atoms with van der Waals surface area (Å²) in [5.41, 5.74) is 1.03. The number of likely N-dealkylation sites (tertiary alicyclic amines) is 1. The average Bonchev–Trinajstić information content (AvgIpc) is 2.86. The van der Waals surface area contributed by atoms with Crippen molar-refractivity contribution >= 4 is 23.4 Å². The van der Waals surface area contributed by atoms with E-state index in [0.29, 0.717) is 24.5 Å². The van der Waals surface area contributed by atoms with Gasteiger partial charge in [-0.15, -0.1) is 0 Å². The van der Waals surface area contributed by atoms with Crippen LogP contribution in [0.15, 0.2) is 24.3 Å². The molecule has 2 amide bonds. The van der Waals surface area contributed by atoms with Crippen molar-refractivity contribution in [3.8, 4) is 0 Å². The summed E-state index contributed by atoms with van der Waals surface area (Å²) in [7, 11) is 0. The summed E-state index contributed by atoms with van der Waals surface area (Å²) in [5, 5.41) is 3.78. The molecule has 0 aliphatic carbocycles. The number of halogens is 1. The van der Waals surface area contributed by atoms with Crippen molar-refractivity contribution in [2.75, 3.05) is 13.1 Å². The summed E-state index contributed by atoms with van der Waals surface area (Å²) in [6, 6.07) is 7.46. The highest BCUT2D eigenvalue weighted by atomic mass is 35.5. The lowest BCUT2D eigenvalue weighted by atomic mass is 9.95. The molecule has 1 aromatic carbocycles. The Hall–Kier alpha value is -1.55. The number of nitrogens with zero attached hydrogens (tertiary/aromatic N) is 1. The minimum Gasteiger partial charge on any atom is -0.349 e. The Morgan fingerprint density at radius 3 is 2.50 bits per heavy atom. The summed E-state index contributed by atoms with van der Waals surface area (Å²) in [5.74, 6) is 0.0266. The lowest BCUT2D eigenvalue weighted by molar-refractivity contribution is -0.129. The van der Waals surface area contributed by atoms with Crippen LogP contribution in [0, 0.1) is 11.8 Å². The minimum atomic E-state index is -0.249. The van der Waals surface area contributed by atoms with Crippen molar-refractivity contribution in [3.63, 3.8) is 0 Å². The van der Waals surface area contributed by atoms with Gasteiger partial charge < -0.3 is 10.2 Å². The van der Waals surface area contributed by atoms with E-state index in [1.807, 2.05) is 31.2 Å². The van der Waals surface area contributed by atoms with Crippen LogP contribution < -0.4 is 5.32 Å². The fourth-order valence-corrected chi connectivity index (χ4v) is 2.96. The fraction of sp³-hybridized carbons (Fsp3) is 0.529. The van der Waals surface area contributed by atoms with Crippen LogP contribution in [0.2, 0.25) is 5.02 Å². The van der Waals surface area contributed by atoms with Crippen molar-refractivity contribution in [1.82, 2.24) is 10.2 Å². The molecular weight excluding hydrogens is 300 g/mol. The van der Waals surface area contributed by atoms with Crippen molar-refractivity contribution in [2.45, 2.75) is 33.2 Å². The monoisotopic (exact) mass is 322 g/mol. The normalized spacial score (nSPS) is 19.6. The summed E-state index contributed by atoms with van der Waals surface area (Å²) in [6.45, 7) is 7.25. The Morgan fingerprint density at radius 2 is 2.00 bits per heavy atom. The molecule has 0 spiro atoms. The SMILES string of the molecule is CCN1CC(C(=O)NC(c2ccc(Cl)cc2)C(C)C)CC1=O. The van der Waals surface area contributed by atoms with Gasteiger partial charge in [0, 0.05) is 24.5 Å². The van der Waals surface area contributed by atoms with Crippen LogP contribution >= 0.6 is 11.6 Å². The first-order valence-corrected chi connectivity index (χ1v) is 8.13. The molecule has 2 unspecified atom stereocenters. The van der Waals surface area contributed by atoms with Crippen LogP contribution in [-0.4, -0.2) is 29.8 Å². The molecule has 1 heterocycles. The summed E-state index contributed by atoms with van der Waals surface area (Å²) in [4.78, 5) is 26.0. The number of carbonyl (C=O) groups excluding carboxylic acids is 2. The molecular formula is C17H23ClN2O2. The number of hydrogen-bond donors (Lipinski definition) is 1. The van der Waals surface area contributed by atoms with Crippen LogP contribution in [0.4, 0.5) is 0 Å². The zero-order chi connectivity index (χ0) is 16.3. The van der Waals surface area contributed by atoms with Gasteiger partial charge in [0.05, 0.1) is 12.0 Å². The predicted molar refractivity (Wildman–Crippen MR) is 87.5 cm³/mol. The molecule has 22 heavy (non-hydrogen) atoms. The molecule has 0 bridgehead atoms. The molecule has 0 radical (unpaired) electrons. The zero-order valence-electron chi connectivity index (χ0n) is 13.3. The topological polar surface area (TPSA) is 49.4 Å². The zero-order valence-corrected chi connectivity index (χ0v) is 14.1. The van der Waals surface area contributed by atoms with Crippen LogP contribution in [0.3, 0.4) is 0 Å². The van der Waals surface area contributed by atoms with Crippen LogP contribution in [-0.2, 0) is 9.59 Å². The van der Waals surface area contributed by atoms with Gasteiger partial charge in [-0.05, 0) is 30.5 Å². The van der Waals surface area contributed by atoms with Gasteiger partial charge in [-0.25, -0.2) is 0 Å². The van der Waals surface area contributed by atoms with Gasteiger partial charge in [-0.1, -0.05) is 37.6 Å². The highest BCUT2D eigenvalue weighted by molar-refractivity contribution is 6.30. The summed E-state index contributed by atoms with van der Waals surface area (Å²) >= 11 is 5.92. The van der Waals surface area contributed by atoms with Crippen LogP contribution in [0.1, 0.15) is 38.8 Å². The molecule has 2 rings (SSSR count). The quantitative estimate of drug-likeness (QED) is 0.906. The summed E-state index contributed by atoms with van der Waals surface area (Å²) in [6.07, 6.45) is 0.311. The number of benzene rings is 1. The number of nitrogens with one attached hydrogen (secondary N) is 1. The first kappa shape index (κ1) is 16.8. The first-order valence-electron chi connectivity index (χ1n) is 7.76. The lowest BCUT2D eigenvalue weighted by Gasteiger charge is -2.24. The van der Waals surface area contributed by atoms with E-state index in [2.05, 4.69) is 19.2 Å². The standard InChI is InChI=1S/C17H23ClN2O2/c1-4-20-10-13(9-15(20)21)17(22)19-16(11(2)3)12-5-7-14(18)8-6-12/h5-8,11,13,16H,4,9-10H2,1-3H3,(H,19,22). The van der Waals surface area contributed by atoms with Gasteiger partial charge in [0.2, 0.25) is 11.8 Å². The maximum atomic E-state index is 12.5. The molecule has 0 aromatic heterocycles. The molecule has 2 atom stereocenters. The molecule has 1 saturated heterocycles. The molecule has 1 fully saturated rings.